The Labute approximate surface area is 209 Å². The molecule has 0 saturated carbocycles. The van der Waals surface area contributed by atoms with E-state index in [0.717, 1.165) is 17.4 Å². The molecule has 3 aromatic rings. The maximum absolute atomic E-state index is 11.7. The van der Waals surface area contributed by atoms with Crippen molar-refractivity contribution in [3.05, 3.63) is 69.5 Å². The third kappa shape index (κ3) is 5.77. The van der Waals surface area contributed by atoms with Crippen molar-refractivity contribution in [2.24, 2.45) is 7.05 Å². The van der Waals surface area contributed by atoms with Crippen LogP contribution in [0.4, 0.5) is 0 Å². The van der Waals surface area contributed by atoms with Gasteiger partial charge >= 0.3 is 0 Å². The van der Waals surface area contributed by atoms with Gasteiger partial charge in [0.25, 0.3) is 0 Å². The Morgan fingerprint density at radius 2 is 1.64 bits per heavy atom. The van der Waals surface area contributed by atoms with Crippen LogP contribution in [0, 0.1) is 0 Å². The molecule has 1 heterocycles. The number of hydrogen-bond donors (Lipinski definition) is 0. The second kappa shape index (κ2) is 10.1. The molecule has 0 N–H and O–H groups in total. The molecular weight excluding hydrogens is 507 g/mol. The summed E-state index contributed by atoms with van der Waals surface area (Å²) in [4.78, 5) is 3.97. The highest BCUT2D eigenvalue weighted by atomic mass is 35.5. The lowest BCUT2D eigenvalue weighted by Crippen LogP contribution is -2.19. The maximum atomic E-state index is 11.7. The van der Waals surface area contributed by atoms with Gasteiger partial charge in [0.2, 0.25) is 15.0 Å². The first-order valence-electron chi connectivity index (χ1n) is 10.1. The average Bonchev–Trinajstić information content (AvgIpc) is 3.12. The molecule has 0 spiro atoms. The lowest BCUT2D eigenvalue weighted by atomic mass is 9.78. The van der Waals surface area contributed by atoms with Crippen LogP contribution < -0.4 is 9.47 Å². The number of alkyl halides is 1. The smallest absolute Gasteiger partial charge is 0.227 e. The number of hydrogen-bond acceptors (Lipinski definition) is 5. The molecule has 1 aromatic heterocycles. The molecule has 33 heavy (non-hydrogen) atoms. The van der Waals surface area contributed by atoms with Crippen LogP contribution >= 0.6 is 34.8 Å². The molecule has 0 aliphatic rings. The fourth-order valence-corrected chi connectivity index (χ4v) is 4.93. The van der Waals surface area contributed by atoms with E-state index in [9.17, 15) is 8.42 Å². The summed E-state index contributed by atoms with van der Waals surface area (Å²) in [6, 6.07) is 11.4. The van der Waals surface area contributed by atoms with Crippen molar-refractivity contribution in [2.45, 2.75) is 31.0 Å². The Morgan fingerprint density at radius 3 is 2.15 bits per heavy atom. The lowest BCUT2D eigenvalue weighted by Gasteiger charge is -2.27. The van der Waals surface area contributed by atoms with Crippen LogP contribution in [-0.4, -0.2) is 36.7 Å². The van der Waals surface area contributed by atoms with E-state index >= 15 is 0 Å². The zero-order valence-electron chi connectivity index (χ0n) is 18.7. The van der Waals surface area contributed by atoms with E-state index in [1.807, 2.05) is 36.4 Å². The summed E-state index contributed by atoms with van der Waals surface area (Å²) < 4.78 is 36.4. The Balaban J connectivity index is 1.76. The predicted octanol–water partition coefficient (Wildman–Crippen LogP) is 5.65. The average molecular weight is 532 g/mol. The Hall–Kier alpha value is -1.93. The summed E-state index contributed by atoms with van der Waals surface area (Å²) in [5.74, 6) is 1.42. The highest BCUT2D eigenvalue weighted by molar-refractivity contribution is 7.90. The minimum Gasteiger partial charge on any atom is -0.489 e. The van der Waals surface area contributed by atoms with Gasteiger partial charge < -0.3 is 14.0 Å². The highest BCUT2D eigenvalue weighted by Crippen LogP contribution is 2.40. The molecule has 178 valence electrons. The summed E-state index contributed by atoms with van der Waals surface area (Å²) >= 11 is 18.5. The Kier molecular flexibility index (Phi) is 7.89. The molecule has 0 aliphatic heterocycles. The fraction of sp³-hybridized carbons (Fsp3) is 0.348. The SMILES string of the molecule is Cn1c(COc2ccc(C(C)(C)c3cc(Cl)c(OCCCl)c(Cl)c3)cc2)cnc1S(C)(=O)=O. The standard InChI is InChI=1S/C23H25Cl3N2O4S/c1-23(2,16-11-19(25)21(20(26)12-16)31-10-9-24)15-5-7-18(8-6-15)32-14-17-13-27-22(28(17)3)33(4,29)30/h5-8,11-13H,9-10,14H2,1-4H3. The van der Waals surface area contributed by atoms with Gasteiger partial charge in [0, 0.05) is 18.7 Å². The zero-order valence-corrected chi connectivity index (χ0v) is 21.8. The van der Waals surface area contributed by atoms with E-state index in [1.165, 1.54) is 10.8 Å². The molecule has 10 heteroatoms. The summed E-state index contributed by atoms with van der Waals surface area (Å²) in [7, 11) is -1.75. The van der Waals surface area contributed by atoms with Gasteiger partial charge in [0.15, 0.2) is 5.75 Å². The minimum atomic E-state index is -3.39. The normalized spacial score (nSPS) is 12.1. The monoisotopic (exact) mass is 530 g/mol. The van der Waals surface area contributed by atoms with Crippen molar-refractivity contribution < 1.29 is 17.9 Å². The Morgan fingerprint density at radius 1 is 1.03 bits per heavy atom. The summed E-state index contributed by atoms with van der Waals surface area (Å²) in [5, 5.41) is 0.871. The quantitative estimate of drug-likeness (QED) is 0.334. The summed E-state index contributed by atoms with van der Waals surface area (Å²) in [6.45, 7) is 4.66. The van der Waals surface area contributed by atoms with Crippen molar-refractivity contribution in [2.75, 3.05) is 18.7 Å². The molecule has 0 radical (unpaired) electrons. The number of benzene rings is 2. The van der Waals surface area contributed by atoms with Gasteiger partial charge in [-0.15, -0.1) is 11.6 Å². The number of imidazole rings is 1. The molecule has 0 bridgehead atoms. The largest absolute Gasteiger partial charge is 0.489 e. The van der Waals surface area contributed by atoms with Gasteiger partial charge in [-0.2, -0.15) is 0 Å². The summed E-state index contributed by atoms with van der Waals surface area (Å²) in [5.41, 5.74) is 2.24. The molecule has 0 aliphatic carbocycles. The first-order valence-corrected chi connectivity index (χ1v) is 13.3. The van der Waals surface area contributed by atoms with Crippen molar-refractivity contribution in [3.8, 4) is 11.5 Å². The van der Waals surface area contributed by atoms with Crippen LogP contribution in [0.5, 0.6) is 11.5 Å². The number of halogens is 3. The van der Waals surface area contributed by atoms with Crippen molar-refractivity contribution in [1.82, 2.24) is 9.55 Å². The van der Waals surface area contributed by atoms with E-state index in [2.05, 4.69) is 18.8 Å². The van der Waals surface area contributed by atoms with Gasteiger partial charge in [-0.25, -0.2) is 13.4 Å². The molecule has 0 amide bonds. The van der Waals surface area contributed by atoms with E-state index in [-0.39, 0.29) is 17.2 Å². The molecule has 3 rings (SSSR count). The van der Waals surface area contributed by atoms with Crippen molar-refractivity contribution in [1.29, 1.82) is 0 Å². The molecule has 0 saturated heterocycles. The van der Waals surface area contributed by atoms with Gasteiger partial charge in [0.05, 0.1) is 27.8 Å². The van der Waals surface area contributed by atoms with Crippen LogP contribution in [0.3, 0.4) is 0 Å². The van der Waals surface area contributed by atoms with Gasteiger partial charge in [-0.05, 0) is 35.4 Å². The number of rotatable bonds is 9. The maximum Gasteiger partial charge on any atom is 0.227 e. The number of aromatic nitrogens is 2. The third-order valence-corrected chi connectivity index (χ3v) is 7.14. The van der Waals surface area contributed by atoms with Crippen LogP contribution in [0.25, 0.3) is 0 Å². The predicted molar refractivity (Wildman–Crippen MR) is 132 cm³/mol. The van der Waals surface area contributed by atoms with E-state index in [0.29, 0.717) is 39.7 Å². The number of ether oxygens (including phenoxy) is 2. The molecular formula is C23H25Cl3N2O4S. The van der Waals surface area contributed by atoms with Crippen LogP contribution in [0.2, 0.25) is 10.0 Å². The molecule has 6 nitrogen and oxygen atoms in total. The Bertz CT molecular complexity index is 1220. The van der Waals surface area contributed by atoms with Crippen LogP contribution in [0.15, 0.2) is 47.8 Å². The van der Waals surface area contributed by atoms with Gasteiger partial charge in [-0.3, -0.25) is 0 Å². The first-order chi connectivity index (χ1) is 15.4. The highest BCUT2D eigenvalue weighted by Gasteiger charge is 2.26. The van der Waals surface area contributed by atoms with Crippen molar-refractivity contribution in [3.63, 3.8) is 0 Å². The van der Waals surface area contributed by atoms with E-state index < -0.39 is 9.84 Å². The van der Waals surface area contributed by atoms with Crippen LogP contribution in [0.1, 0.15) is 30.7 Å². The van der Waals surface area contributed by atoms with Crippen LogP contribution in [-0.2, 0) is 28.9 Å². The fourth-order valence-electron chi connectivity index (χ4n) is 3.40. The third-order valence-electron chi connectivity index (χ3n) is 5.38. The van der Waals surface area contributed by atoms with Gasteiger partial charge in [0.1, 0.15) is 19.0 Å². The lowest BCUT2D eigenvalue weighted by molar-refractivity contribution is 0.295. The second-order valence-corrected chi connectivity index (χ2v) is 11.2. The van der Waals surface area contributed by atoms with Crippen molar-refractivity contribution >= 4 is 44.6 Å². The zero-order chi connectivity index (χ0) is 24.4. The molecule has 2 aromatic carbocycles. The molecule has 0 unspecified atom stereocenters. The van der Waals surface area contributed by atoms with E-state index in [1.54, 1.807) is 7.05 Å². The van der Waals surface area contributed by atoms with Gasteiger partial charge in [-0.1, -0.05) is 49.2 Å². The molecule has 0 atom stereocenters. The number of nitrogens with zero attached hydrogens (tertiary/aromatic N) is 2. The molecule has 0 fully saturated rings. The second-order valence-electron chi connectivity index (χ2n) is 8.11. The minimum absolute atomic E-state index is 0.00888. The topological polar surface area (TPSA) is 70.4 Å². The summed E-state index contributed by atoms with van der Waals surface area (Å²) in [6.07, 6.45) is 2.63. The first kappa shape index (κ1) is 25.7. The van der Waals surface area contributed by atoms with E-state index in [4.69, 9.17) is 44.3 Å². The number of sulfone groups is 1.